The van der Waals surface area contributed by atoms with E-state index in [1.807, 2.05) is 18.2 Å². The van der Waals surface area contributed by atoms with Crippen molar-refractivity contribution in [3.63, 3.8) is 0 Å². The molecule has 0 heterocycles. The quantitative estimate of drug-likeness (QED) is 0.710. The summed E-state index contributed by atoms with van der Waals surface area (Å²) in [6, 6.07) is 14.5. The molecule has 2 aromatic rings. The molecule has 1 fully saturated rings. The van der Waals surface area contributed by atoms with E-state index in [2.05, 4.69) is 10.6 Å². The first-order valence-electron chi connectivity index (χ1n) is 9.26. The number of hydrogen-bond acceptors (Lipinski definition) is 2. The molecule has 140 valence electrons. The molecule has 0 bridgehead atoms. The van der Waals surface area contributed by atoms with Crippen LogP contribution in [0.2, 0.25) is 5.02 Å². The van der Waals surface area contributed by atoms with Crippen LogP contribution in [0.4, 0.5) is 5.69 Å². The van der Waals surface area contributed by atoms with Gasteiger partial charge in [0, 0.05) is 28.4 Å². The molecule has 1 saturated carbocycles. The van der Waals surface area contributed by atoms with Crippen LogP contribution < -0.4 is 10.6 Å². The Morgan fingerprint density at radius 3 is 2.56 bits per heavy atom. The number of amides is 2. The van der Waals surface area contributed by atoms with Crippen LogP contribution in [0.25, 0.3) is 6.08 Å². The fourth-order valence-corrected chi connectivity index (χ4v) is 3.41. The van der Waals surface area contributed by atoms with Crippen molar-refractivity contribution in [2.24, 2.45) is 0 Å². The number of nitrogens with one attached hydrogen (secondary N) is 2. The maximum Gasteiger partial charge on any atom is 0.251 e. The number of hydrogen-bond donors (Lipinski definition) is 2. The van der Waals surface area contributed by atoms with Crippen LogP contribution in [-0.2, 0) is 4.79 Å². The van der Waals surface area contributed by atoms with Gasteiger partial charge >= 0.3 is 0 Å². The van der Waals surface area contributed by atoms with Crippen LogP contribution in [0.15, 0.2) is 54.6 Å². The van der Waals surface area contributed by atoms with E-state index in [4.69, 9.17) is 11.6 Å². The molecule has 1 aliphatic carbocycles. The van der Waals surface area contributed by atoms with Crippen LogP contribution in [0.5, 0.6) is 0 Å². The van der Waals surface area contributed by atoms with E-state index in [0.717, 1.165) is 18.4 Å². The summed E-state index contributed by atoms with van der Waals surface area (Å²) in [5, 5.41) is 6.46. The molecule has 0 aromatic heterocycles. The number of anilines is 1. The summed E-state index contributed by atoms with van der Waals surface area (Å²) in [7, 11) is 0. The Morgan fingerprint density at radius 2 is 1.78 bits per heavy atom. The predicted molar refractivity (Wildman–Crippen MR) is 110 cm³/mol. The Kier molecular flexibility index (Phi) is 6.66. The number of benzene rings is 2. The molecule has 5 heteroatoms. The maximum atomic E-state index is 12.4. The first-order chi connectivity index (χ1) is 13.1. The van der Waals surface area contributed by atoms with Crippen LogP contribution in [0, 0.1) is 0 Å². The molecular weight excluding hydrogens is 360 g/mol. The highest BCUT2D eigenvalue weighted by atomic mass is 35.5. The molecule has 2 N–H and O–H groups in total. The van der Waals surface area contributed by atoms with E-state index in [9.17, 15) is 9.59 Å². The van der Waals surface area contributed by atoms with Crippen molar-refractivity contribution in [2.75, 3.05) is 5.32 Å². The SMILES string of the molecule is O=C(/C=C/c1ccccc1Cl)Nc1cccc(C(=O)NC2CCCCC2)c1. The van der Waals surface area contributed by atoms with Gasteiger partial charge < -0.3 is 10.6 Å². The highest BCUT2D eigenvalue weighted by Gasteiger charge is 2.16. The molecule has 27 heavy (non-hydrogen) atoms. The Morgan fingerprint density at radius 1 is 1.00 bits per heavy atom. The van der Waals surface area contributed by atoms with E-state index in [0.29, 0.717) is 16.3 Å². The largest absolute Gasteiger partial charge is 0.349 e. The molecule has 0 unspecified atom stereocenters. The smallest absolute Gasteiger partial charge is 0.251 e. The third-order valence-electron chi connectivity index (χ3n) is 4.65. The molecule has 1 aliphatic rings. The number of carbonyl (C=O) groups is 2. The normalized spacial score (nSPS) is 14.9. The van der Waals surface area contributed by atoms with Gasteiger partial charge in [-0.3, -0.25) is 9.59 Å². The second-order valence-corrected chi connectivity index (χ2v) is 7.14. The molecule has 0 saturated heterocycles. The van der Waals surface area contributed by atoms with Gasteiger partial charge in [-0.2, -0.15) is 0 Å². The average Bonchev–Trinajstić information content (AvgIpc) is 2.68. The fraction of sp³-hybridized carbons (Fsp3) is 0.273. The molecule has 4 nitrogen and oxygen atoms in total. The second kappa shape index (κ2) is 9.38. The summed E-state index contributed by atoms with van der Waals surface area (Å²) in [4.78, 5) is 24.6. The Balaban J connectivity index is 1.60. The van der Waals surface area contributed by atoms with E-state index < -0.39 is 0 Å². The minimum Gasteiger partial charge on any atom is -0.349 e. The van der Waals surface area contributed by atoms with Gasteiger partial charge in [-0.15, -0.1) is 0 Å². The highest BCUT2D eigenvalue weighted by Crippen LogP contribution is 2.19. The van der Waals surface area contributed by atoms with Crippen LogP contribution in [-0.4, -0.2) is 17.9 Å². The summed E-state index contributed by atoms with van der Waals surface area (Å²) < 4.78 is 0. The minimum absolute atomic E-state index is 0.0930. The summed E-state index contributed by atoms with van der Waals surface area (Å²) in [5.41, 5.74) is 1.91. The van der Waals surface area contributed by atoms with E-state index in [1.165, 1.54) is 25.3 Å². The highest BCUT2D eigenvalue weighted by molar-refractivity contribution is 6.32. The van der Waals surface area contributed by atoms with Gasteiger partial charge in [-0.1, -0.05) is 55.1 Å². The number of halogens is 1. The molecule has 0 spiro atoms. The van der Waals surface area contributed by atoms with E-state index in [1.54, 1.807) is 36.4 Å². The third kappa shape index (κ3) is 5.69. The van der Waals surface area contributed by atoms with Crippen molar-refractivity contribution in [1.29, 1.82) is 0 Å². The van der Waals surface area contributed by atoms with E-state index >= 15 is 0 Å². The Labute approximate surface area is 164 Å². The van der Waals surface area contributed by atoms with Crippen molar-refractivity contribution in [1.82, 2.24) is 5.32 Å². The number of carbonyl (C=O) groups excluding carboxylic acids is 2. The first-order valence-corrected chi connectivity index (χ1v) is 9.64. The topological polar surface area (TPSA) is 58.2 Å². The Bertz CT molecular complexity index is 842. The fourth-order valence-electron chi connectivity index (χ4n) is 3.21. The van der Waals surface area contributed by atoms with Crippen molar-refractivity contribution < 1.29 is 9.59 Å². The maximum absolute atomic E-state index is 12.4. The van der Waals surface area contributed by atoms with Crippen molar-refractivity contribution in [3.05, 3.63) is 70.8 Å². The lowest BCUT2D eigenvalue weighted by Gasteiger charge is -2.22. The van der Waals surface area contributed by atoms with Crippen molar-refractivity contribution in [3.8, 4) is 0 Å². The monoisotopic (exact) mass is 382 g/mol. The van der Waals surface area contributed by atoms with Gasteiger partial charge in [0.2, 0.25) is 5.91 Å². The van der Waals surface area contributed by atoms with Crippen molar-refractivity contribution in [2.45, 2.75) is 38.1 Å². The summed E-state index contributed by atoms with van der Waals surface area (Å²) in [6.07, 6.45) is 8.74. The zero-order valence-corrected chi connectivity index (χ0v) is 15.8. The second-order valence-electron chi connectivity index (χ2n) is 6.73. The average molecular weight is 383 g/mol. The van der Waals surface area contributed by atoms with Gasteiger partial charge in [-0.25, -0.2) is 0 Å². The van der Waals surface area contributed by atoms with Gasteiger partial charge in [0.1, 0.15) is 0 Å². The van der Waals surface area contributed by atoms with Gasteiger partial charge in [0.05, 0.1) is 0 Å². The third-order valence-corrected chi connectivity index (χ3v) is 5.00. The lowest BCUT2D eigenvalue weighted by Crippen LogP contribution is -2.36. The van der Waals surface area contributed by atoms with Gasteiger partial charge in [0.25, 0.3) is 5.91 Å². The Hall–Kier alpha value is -2.59. The lowest BCUT2D eigenvalue weighted by molar-refractivity contribution is -0.111. The zero-order valence-electron chi connectivity index (χ0n) is 15.1. The summed E-state index contributed by atoms with van der Waals surface area (Å²) in [6.45, 7) is 0. The lowest BCUT2D eigenvalue weighted by atomic mass is 9.95. The molecule has 2 aromatic carbocycles. The van der Waals surface area contributed by atoms with Gasteiger partial charge in [-0.05, 0) is 48.7 Å². The molecule has 0 aliphatic heterocycles. The molecule has 0 radical (unpaired) electrons. The molecular formula is C22H23ClN2O2. The summed E-state index contributed by atoms with van der Waals surface area (Å²) >= 11 is 6.08. The van der Waals surface area contributed by atoms with Crippen LogP contribution >= 0.6 is 11.6 Å². The first kappa shape index (κ1) is 19.2. The molecule has 2 amide bonds. The van der Waals surface area contributed by atoms with Gasteiger partial charge in [0.15, 0.2) is 0 Å². The number of rotatable bonds is 5. The van der Waals surface area contributed by atoms with Crippen molar-refractivity contribution >= 4 is 35.2 Å². The standard InChI is InChI=1S/C22H23ClN2O2/c23-20-12-5-4-7-16(20)13-14-21(26)24-19-11-6-8-17(15-19)22(27)25-18-9-2-1-3-10-18/h4-8,11-15,18H,1-3,9-10H2,(H,24,26)(H,25,27)/b14-13+. The zero-order chi connectivity index (χ0) is 19.1. The molecule has 3 rings (SSSR count). The van der Waals surface area contributed by atoms with E-state index in [-0.39, 0.29) is 17.9 Å². The van der Waals surface area contributed by atoms with Crippen LogP contribution in [0.3, 0.4) is 0 Å². The summed E-state index contributed by atoms with van der Waals surface area (Å²) in [5.74, 6) is -0.371. The predicted octanol–water partition coefficient (Wildman–Crippen LogP) is 5.05. The van der Waals surface area contributed by atoms with Crippen LogP contribution in [0.1, 0.15) is 48.0 Å². The molecule has 0 atom stereocenters. The minimum atomic E-state index is -0.278.